The second-order valence-corrected chi connectivity index (χ2v) is 5.63. The Morgan fingerprint density at radius 3 is 2.76 bits per heavy atom. The predicted octanol–water partition coefficient (Wildman–Crippen LogP) is 1.05. The highest BCUT2D eigenvalue weighted by Gasteiger charge is 2.32. The average molecular weight is 240 g/mol. The zero-order chi connectivity index (χ0) is 12.3. The van der Waals surface area contributed by atoms with Gasteiger partial charge in [-0.05, 0) is 25.2 Å². The number of ether oxygens (including phenoxy) is 1. The van der Waals surface area contributed by atoms with Crippen LogP contribution in [0, 0.1) is 11.8 Å². The molecular weight excluding hydrogens is 216 g/mol. The molecule has 1 saturated heterocycles. The second-order valence-electron chi connectivity index (χ2n) is 5.63. The van der Waals surface area contributed by atoms with Gasteiger partial charge >= 0.3 is 0 Å². The zero-order valence-electron chi connectivity index (χ0n) is 10.7. The Morgan fingerprint density at radius 2 is 2.06 bits per heavy atom. The summed E-state index contributed by atoms with van der Waals surface area (Å²) < 4.78 is 5.24. The van der Waals surface area contributed by atoms with Crippen molar-refractivity contribution in [1.82, 2.24) is 5.32 Å². The third-order valence-electron chi connectivity index (χ3n) is 4.07. The first-order valence-corrected chi connectivity index (χ1v) is 6.80. The van der Waals surface area contributed by atoms with Crippen molar-refractivity contribution < 1.29 is 9.53 Å². The van der Waals surface area contributed by atoms with E-state index in [0.29, 0.717) is 19.3 Å². The van der Waals surface area contributed by atoms with Crippen LogP contribution in [0.15, 0.2) is 0 Å². The van der Waals surface area contributed by atoms with E-state index in [0.717, 1.165) is 18.8 Å². The highest BCUT2D eigenvalue weighted by Crippen LogP contribution is 2.23. The molecule has 1 heterocycles. The van der Waals surface area contributed by atoms with Crippen molar-refractivity contribution in [2.45, 2.75) is 51.1 Å². The maximum absolute atomic E-state index is 12.0. The van der Waals surface area contributed by atoms with E-state index in [2.05, 4.69) is 12.2 Å². The van der Waals surface area contributed by atoms with Crippen LogP contribution < -0.4 is 11.1 Å². The lowest BCUT2D eigenvalue weighted by Crippen LogP contribution is -2.44. The van der Waals surface area contributed by atoms with Crippen molar-refractivity contribution in [2.24, 2.45) is 17.6 Å². The van der Waals surface area contributed by atoms with Crippen molar-refractivity contribution in [3.05, 3.63) is 0 Å². The maximum Gasteiger partial charge on any atom is 0.227 e. The van der Waals surface area contributed by atoms with Crippen LogP contribution in [0.4, 0.5) is 0 Å². The second kappa shape index (κ2) is 5.83. The van der Waals surface area contributed by atoms with Crippen LogP contribution in [0.1, 0.15) is 39.0 Å². The lowest BCUT2D eigenvalue weighted by Gasteiger charge is -2.20. The minimum atomic E-state index is -0.143. The molecule has 4 atom stereocenters. The zero-order valence-corrected chi connectivity index (χ0v) is 10.7. The van der Waals surface area contributed by atoms with Gasteiger partial charge in [0.25, 0.3) is 0 Å². The minimum absolute atomic E-state index is 0.0922. The van der Waals surface area contributed by atoms with Gasteiger partial charge in [0.2, 0.25) is 5.91 Å². The van der Waals surface area contributed by atoms with Crippen LogP contribution in [0.2, 0.25) is 0 Å². The number of nitrogens with two attached hydrogens (primary N) is 1. The topological polar surface area (TPSA) is 64.3 Å². The molecule has 3 N–H and O–H groups in total. The van der Waals surface area contributed by atoms with E-state index < -0.39 is 0 Å². The van der Waals surface area contributed by atoms with E-state index in [1.165, 1.54) is 19.3 Å². The third-order valence-corrected chi connectivity index (χ3v) is 4.07. The van der Waals surface area contributed by atoms with Gasteiger partial charge < -0.3 is 15.8 Å². The van der Waals surface area contributed by atoms with Gasteiger partial charge in [-0.25, -0.2) is 0 Å². The first-order valence-electron chi connectivity index (χ1n) is 6.80. The number of nitrogens with one attached hydrogen (secondary N) is 1. The molecular formula is C13H24N2O2. The molecule has 0 aromatic heterocycles. The fourth-order valence-electron chi connectivity index (χ4n) is 2.78. The Bertz CT molecular complexity index is 270. The Labute approximate surface area is 103 Å². The number of rotatable bonds is 2. The van der Waals surface area contributed by atoms with Gasteiger partial charge in [-0.1, -0.05) is 19.8 Å². The Balaban J connectivity index is 1.81. The van der Waals surface area contributed by atoms with Gasteiger partial charge in [0.15, 0.2) is 0 Å². The number of carbonyl (C=O) groups excluding carboxylic acids is 1. The third kappa shape index (κ3) is 3.42. The van der Waals surface area contributed by atoms with Crippen molar-refractivity contribution in [3.63, 3.8) is 0 Å². The van der Waals surface area contributed by atoms with Crippen molar-refractivity contribution in [3.8, 4) is 0 Å². The van der Waals surface area contributed by atoms with Gasteiger partial charge in [-0.2, -0.15) is 0 Å². The van der Waals surface area contributed by atoms with Crippen molar-refractivity contribution >= 4 is 5.91 Å². The van der Waals surface area contributed by atoms with Crippen molar-refractivity contribution in [2.75, 3.05) is 13.2 Å². The van der Waals surface area contributed by atoms with Crippen LogP contribution in [-0.2, 0) is 9.53 Å². The van der Waals surface area contributed by atoms with E-state index in [4.69, 9.17) is 10.5 Å². The van der Waals surface area contributed by atoms with Crippen LogP contribution in [-0.4, -0.2) is 31.2 Å². The van der Waals surface area contributed by atoms with Gasteiger partial charge in [0, 0.05) is 12.1 Å². The van der Waals surface area contributed by atoms with Crippen molar-refractivity contribution in [1.29, 1.82) is 0 Å². The Morgan fingerprint density at radius 1 is 1.24 bits per heavy atom. The molecule has 17 heavy (non-hydrogen) atoms. The molecule has 0 spiro atoms. The fourth-order valence-corrected chi connectivity index (χ4v) is 2.78. The smallest absolute Gasteiger partial charge is 0.227 e. The molecule has 1 amide bonds. The van der Waals surface area contributed by atoms with Gasteiger partial charge in [-0.15, -0.1) is 0 Å². The number of hydrogen-bond donors (Lipinski definition) is 2. The summed E-state index contributed by atoms with van der Waals surface area (Å²) >= 11 is 0. The standard InChI is InChI=1S/C13H24N2O2/c1-9-3-2-4-10(6-5-9)15-13(16)11-7-17-8-12(11)14/h9-12H,2-8,14H2,1H3,(H,15,16). The van der Waals surface area contributed by atoms with Gasteiger partial charge in [-0.3, -0.25) is 4.79 Å². The summed E-state index contributed by atoms with van der Waals surface area (Å²) in [6.07, 6.45) is 5.95. The molecule has 2 aliphatic rings. The molecule has 0 aromatic carbocycles. The molecule has 98 valence electrons. The Hall–Kier alpha value is -0.610. The highest BCUT2D eigenvalue weighted by molar-refractivity contribution is 5.80. The molecule has 1 aliphatic heterocycles. The molecule has 2 rings (SSSR count). The van der Waals surface area contributed by atoms with Crippen LogP contribution in [0.3, 0.4) is 0 Å². The molecule has 0 aromatic rings. The quantitative estimate of drug-likeness (QED) is 0.709. The Kier molecular flexibility index (Phi) is 4.40. The average Bonchev–Trinajstić information content (AvgIpc) is 2.61. The lowest BCUT2D eigenvalue weighted by molar-refractivity contribution is -0.126. The number of hydrogen-bond acceptors (Lipinski definition) is 3. The molecule has 1 aliphatic carbocycles. The molecule has 4 heteroatoms. The normalized spacial score (nSPS) is 38.7. The summed E-state index contributed by atoms with van der Waals surface area (Å²) in [5, 5.41) is 3.15. The van der Waals surface area contributed by atoms with Crippen LogP contribution in [0.5, 0.6) is 0 Å². The first-order chi connectivity index (χ1) is 8.16. The summed E-state index contributed by atoms with van der Waals surface area (Å²) in [5.74, 6) is 0.749. The number of amides is 1. The maximum atomic E-state index is 12.0. The lowest BCUT2D eigenvalue weighted by atomic mass is 10.0. The predicted molar refractivity (Wildman–Crippen MR) is 66.5 cm³/mol. The molecule has 0 radical (unpaired) electrons. The van der Waals surface area contributed by atoms with E-state index in [-0.39, 0.29) is 17.9 Å². The summed E-state index contributed by atoms with van der Waals surface area (Å²) in [6, 6.07) is 0.222. The molecule has 4 unspecified atom stereocenters. The summed E-state index contributed by atoms with van der Waals surface area (Å²) in [5.41, 5.74) is 5.85. The van der Waals surface area contributed by atoms with Crippen LogP contribution >= 0.6 is 0 Å². The molecule has 1 saturated carbocycles. The summed E-state index contributed by atoms with van der Waals surface area (Å²) in [7, 11) is 0. The monoisotopic (exact) mass is 240 g/mol. The molecule has 4 nitrogen and oxygen atoms in total. The molecule has 0 bridgehead atoms. The van der Waals surface area contributed by atoms with E-state index in [1.54, 1.807) is 0 Å². The summed E-state index contributed by atoms with van der Waals surface area (Å²) in [4.78, 5) is 12.0. The first kappa shape index (κ1) is 12.8. The SMILES string of the molecule is CC1CCCC(NC(=O)C2COCC2N)CC1. The van der Waals surface area contributed by atoms with E-state index >= 15 is 0 Å². The fraction of sp³-hybridized carbons (Fsp3) is 0.923. The van der Waals surface area contributed by atoms with E-state index in [1.807, 2.05) is 0 Å². The summed E-state index contributed by atoms with van der Waals surface area (Å²) in [6.45, 7) is 3.29. The largest absolute Gasteiger partial charge is 0.379 e. The number of carbonyl (C=O) groups is 1. The van der Waals surface area contributed by atoms with E-state index in [9.17, 15) is 4.79 Å². The van der Waals surface area contributed by atoms with Gasteiger partial charge in [0.1, 0.15) is 0 Å². The highest BCUT2D eigenvalue weighted by atomic mass is 16.5. The van der Waals surface area contributed by atoms with Gasteiger partial charge in [0.05, 0.1) is 19.1 Å². The van der Waals surface area contributed by atoms with Crippen LogP contribution in [0.25, 0.3) is 0 Å². The minimum Gasteiger partial charge on any atom is -0.379 e. The molecule has 2 fully saturated rings.